The van der Waals surface area contributed by atoms with Crippen molar-refractivity contribution in [2.24, 2.45) is 5.92 Å². The minimum Gasteiger partial charge on any atom is -0.489 e. The van der Waals surface area contributed by atoms with Crippen LogP contribution in [0.15, 0.2) is 90.5 Å². The number of halogens is 2. The molecular weight excluding hydrogens is 468 g/mol. The summed E-state index contributed by atoms with van der Waals surface area (Å²) in [6.07, 6.45) is 9.07. The molecule has 1 aliphatic carbocycles. The van der Waals surface area contributed by atoms with Gasteiger partial charge in [-0.15, -0.1) is 0 Å². The average molecular weight is 500 g/mol. The highest BCUT2D eigenvalue weighted by Crippen LogP contribution is 2.59. The van der Waals surface area contributed by atoms with Crippen LogP contribution in [0.3, 0.4) is 0 Å². The Labute approximate surface area is 216 Å². The lowest BCUT2D eigenvalue weighted by Gasteiger charge is -2.19. The molecule has 2 atom stereocenters. The summed E-state index contributed by atoms with van der Waals surface area (Å²) >= 11 is 0. The Morgan fingerprint density at radius 2 is 1.76 bits per heavy atom. The van der Waals surface area contributed by atoms with Gasteiger partial charge in [-0.1, -0.05) is 48.5 Å². The van der Waals surface area contributed by atoms with Crippen LogP contribution in [0.25, 0.3) is 6.08 Å². The molecule has 3 nitrogen and oxygen atoms in total. The molecule has 1 amide bonds. The Bertz CT molecular complexity index is 1300. The lowest BCUT2D eigenvalue weighted by atomic mass is 9.85. The minimum absolute atomic E-state index is 0.0155. The van der Waals surface area contributed by atoms with Gasteiger partial charge in [0.2, 0.25) is 5.91 Å². The number of allylic oxidation sites excluding steroid dienone is 1. The van der Waals surface area contributed by atoms with Crippen molar-refractivity contribution < 1.29 is 18.3 Å². The highest BCUT2D eigenvalue weighted by atomic mass is 19.1. The smallest absolute Gasteiger partial charge is 0.243 e. The average Bonchev–Trinajstić information content (AvgIpc) is 3.63. The van der Waals surface area contributed by atoms with E-state index in [0.717, 1.165) is 41.7 Å². The summed E-state index contributed by atoms with van der Waals surface area (Å²) in [4.78, 5) is 12.6. The van der Waals surface area contributed by atoms with Gasteiger partial charge in [-0.3, -0.25) is 4.79 Å². The van der Waals surface area contributed by atoms with Crippen LogP contribution in [0.2, 0.25) is 0 Å². The fraction of sp³-hybridized carbons (Fsp3) is 0.281. The van der Waals surface area contributed by atoms with Gasteiger partial charge < -0.3 is 10.1 Å². The molecule has 1 aliphatic heterocycles. The molecule has 3 aromatic carbocycles. The number of hydrogen-bond donors (Lipinski definition) is 1. The quantitative estimate of drug-likeness (QED) is 0.323. The number of fused-ring (bicyclic) bond motifs is 1. The fourth-order valence-electron chi connectivity index (χ4n) is 5.39. The molecule has 0 spiro atoms. The van der Waals surface area contributed by atoms with Crippen LogP contribution in [0.1, 0.15) is 49.3 Å². The molecule has 37 heavy (non-hydrogen) atoms. The van der Waals surface area contributed by atoms with Gasteiger partial charge in [-0.25, -0.2) is 8.78 Å². The monoisotopic (exact) mass is 499 g/mol. The van der Waals surface area contributed by atoms with E-state index in [1.54, 1.807) is 18.2 Å². The first kappa shape index (κ1) is 24.9. The maximum absolute atomic E-state index is 14.0. The van der Waals surface area contributed by atoms with Gasteiger partial charge in [0.25, 0.3) is 0 Å². The molecule has 5 heteroatoms. The Morgan fingerprint density at radius 3 is 2.46 bits per heavy atom. The van der Waals surface area contributed by atoms with Crippen molar-refractivity contribution in [2.45, 2.75) is 44.1 Å². The van der Waals surface area contributed by atoms with Crippen molar-refractivity contribution in [3.8, 4) is 5.75 Å². The van der Waals surface area contributed by atoms with Crippen molar-refractivity contribution in [1.29, 1.82) is 0 Å². The Balaban J connectivity index is 1.16. The number of carbonyl (C=O) groups is 1. The first-order chi connectivity index (χ1) is 17.9. The molecule has 0 bridgehead atoms. The van der Waals surface area contributed by atoms with Crippen LogP contribution in [0, 0.1) is 17.6 Å². The van der Waals surface area contributed by atoms with Gasteiger partial charge in [0.05, 0.1) is 0 Å². The lowest BCUT2D eigenvalue weighted by Crippen LogP contribution is -2.31. The highest BCUT2D eigenvalue weighted by Gasteiger charge is 2.55. The summed E-state index contributed by atoms with van der Waals surface area (Å²) < 4.78 is 33.9. The third kappa shape index (κ3) is 5.66. The van der Waals surface area contributed by atoms with Gasteiger partial charge in [0, 0.05) is 17.0 Å². The van der Waals surface area contributed by atoms with E-state index in [2.05, 4.69) is 17.5 Å². The van der Waals surface area contributed by atoms with Crippen LogP contribution in [-0.4, -0.2) is 18.6 Å². The maximum Gasteiger partial charge on any atom is 0.243 e. The third-order valence-electron chi connectivity index (χ3n) is 7.39. The first-order valence-electron chi connectivity index (χ1n) is 12.9. The fourth-order valence-corrected chi connectivity index (χ4v) is 5.39. The van der Waals surface area contributed by atoms with Crippen molar-refractivity contribution in [3.63, 3.8) is 0 Å². The molecule has 3 aromatic rings. The van der Waals surface area contributed by atoms with E-state index in [-0.39, 0.29) is 29.5 Å². The SMILES string of the molecule is C[C@@H](CCCC1=Cc2ccccc2OC1)NC(=O)C=C[C@H]1CC1(c1cccc(F)c1)c1cccc(F)c1. The predicted molar refractivity (Wildman–Crippen MR) is 142 cm³/mol. The largest absolute Gasteiger partial charge is 0.489 e. The second-order valence-electron chi connectivity index (χ2n) is 10.1. The van der Waals surface area contributed by atoms with Gasteiger partial charge >= 0.3 is 0 Å². The summed E-state index contributed by atoms with van der Waals surface area (Å²) in [5.41, 5.74) is 3.44. The first-order valence-corrected chi connectivity index (χ1v) is 12.9. The summed E-state index contributed by atoms with van der Waals surface area (Å²) in [6.45, 7) is 2.62. The molecule has 2 aliphatic rings. The second kappa shape index (κ2) is 10.7. The van der Waals surface area contributed by atoms with Crippen LogP contribution < -0.4 is 10.1 Å². The van der Waals surface area contributed by atoms with Crippen molar-refractivity contribution in [3.05, 3.63) is 119 Å². The number of hydrogen-bond acceptors (Lipinski definition) is 2. The number of ether oxygens (including phenoxy) is 1. The molecular formula is C32H31F2NO2. The zero-order valence-corrected chi connectivity index (χ0v) is 20.9. The number of amides is 1. The van der Waals surface area contributed by atoms with Crippen LogP contribution >= 0.6 is 0 Å². The summed E-state index contributed by atoms with van der Waals surface area (Å²) in [5.74, 6) is 0.107. The van der Waals surface area contributed by atoms with Gasteiger partial charge in [0.1, 0.15) is 24.0 Å². The second-order valence-corrected chi connectivity index (χ2v) is 10.1. The Hall–Kier alpha value is -3.73. The highest BCUT2D eigenvalue weighted by molar-refractivity contribution is 5.87. The van der Waals surface area contributed by atoms with Gasteiger partial charge in [-0.05, 0) is 97.7 Å². The van der Waals surface area contributed by atoms with Crippen molar-refractivity contribution in [1.82, 2.24) is 5.32 Å². The molecule has 1 fully saturated rings. The van der Waals surface area contributed by atoms with Gasteiger partial charge in [0.15, 0.2) is 0 Å². The topological polar surface area (TPSA) is 38.3 Å². The Morgan fingerprint density at radius 1 is 1.05 bits per heavy atom. The number of carbonyl (C=O) groups excluding carboxylic acids is 1. The molecule has 1 heterocycles. The maximum atomic E-state index is 14.0. The summed E-state index contributed by atoms with van der Waals surface area (Å²) in [6, 6.07) is 21.0. The minimum atomic E-state index is -0.527. The number of para-hydroxylation sites is 1. The number of rotatable bonds is 9. The van der Waals surface area contributed by atoms with E-state index in [1.807, 2.05) is 43.3 Å². The van der Waals surface area contributed by atoms with E-state index in [0.29, 0.717) is 13.0 Å². The van der Waals surface area contributed by atoms with Crippen molar-refractivity contribution >= 4 is 12.0 Å². The molecule has 0 radical (unpaired) electrons. The summed E-state index contributed by atoms with van der Waals surface area (Å²) in [5, 5.41) is 3.05. The van der Waals surface area contributed by atoms with Crippen LogP contribution in [-0.2, 0) is 10.2 Å². The van der Waals surface area contributed by atoms with Crippen molar-refractivity contribution in [2.75, 3.05) is 6.61 Å². The van der Waals surface area contributed by atoms with Crippen LogP contribution in [0.5, 0.6) is 5.75 Å². The number of nitrogens with one attached hydrogen (secondary N) is 1. The molecule has 1 saturated carbocycles. The normalized spacial score (nSPS) is 18.5. The lowest BCUT2D eigenvalue weighted by molar-refractivity contribution is -0.117. The zero-order valence-electron chi connectivity index (χ0n) is 20.9. The molecule has 1 N–H and O–H groups in total. The molecule has 5 rings (SSSR count). The molecule has 0 unspecified atom stereocenters. The number of benzene rings is 3. The van der Waals surface area contributed by atoms with E-state index in [1.165, 1.54) is 29.8 Å². The van der Waals surface area contributed by atoms with E-state index >= 15 is 0 Å². The summed E-state index contributed by atoms with van der Waals surface area (Å²) in [7, 11) is 0. The van der Waals surface area contributed by atoms with E-state index in [4.69, 9.17) is 4.74 Å². The third-order valence-corrected chi connectivity index (χ3v) is 7.39. The standard InChI is InChI=1S/C32H31F2NO2/c1-22(7-4-8-23-17-24-9-2-3-14-30(24)37-21-23)35-31(36)16-15-27-20-32(27,25-10-5-12-28(33)18-25)26-11-6-13-29(34)19-26/h2-3,5-6,9-19,22,27H,4,7-8,20-21H2,1H3,(H,35,36)/t22-,27-/m0/s1. The van der Waals surface area contributed by atoms with E-state index < -0.39 is 5.41 Å². The molecule has 190 valence electrons. The zero-order chi connectivity index (χ0) is 25.8. The Kier molecular flexibility index (Phi) is 7.22. The van der Waals surface area contributed by atoms with Gasteiger partial charge in [-0.2, -0.15) is 0 Å². The predicted octanol–water partition coefficient (Wildman–Crippen LogP) is 6.98. The molecule has 0 aromatic heterocycles. The molecule has 0 saturated heterocycles. The van der Waals surface area contributed by atoms with Crippen LogP contribution in [0.4, 0.5) is 8.78 Å². The van der Waals surface area contributed by atoms with E-state index in [9.17, 15) is 13.6 Å².